The molecule has 2 aromatic rings. The normalized spacial score (nSPS) is 12.2. The van der Waals surface area contributed by atoms with E-state index >= 15 is 0 Å². The van der Waals surface area contributed by atoms with E-state index in [0.717, 1.165) is 16.9 Å². The summed E-state index contributed by atoms with van der Waals surface area (Å²) in [4.78, 5) is 14.1. The molecule has 0 aliphatic rings. The number of halogens is 1. The first-order chi connectivity index (χ1) is 13.9. The summed E-state index contributed by atoms with van der Waals surface area (Å²) in [5.41, 5.74) is 1.94. The highest BCUT2D eigenvalue weighted by Gasteiger charge is 2.15. The first kappa shape index (κ1) is 22.8. The maximum atomic E-state index is 12.9. The monoisotopic (exact) mass is 402 g/mol. The molecule has 0 unspecified atom stereocenters. The zero-order valence-electron chi connectivity index (χ0n) is 17.4. The Labute approximate surface area is 172 Å². The van der Waals surface area contributed by atoms with E-state index in [4.69, 9.17) is 4.74 Å². The van der Waals surface area contributed by atoms with Gasteiger partial charge in [-0.05, 0) is 41.8 Å². The van der Waals surface area contributed by atoms with E-state index in [9.17, 15) is 14.3 Å². The maximum Gasteiger partial charge on any atom is 0.234 e. The second kappa shape index (κ2) is 11.5. The first-order valence-corrected chi connectivity index (χ1v) is 10.0. The van der Waals surface area contributed by atoms with Crippen LogP contribution in [0.5, 0.6) is 5.75 Å². The Balaban J connectivity index is 1.78. The minimum Gasteiger partial charge on any atom is -0.491 e. The molecule has 0 heterocycles. The molecule has 0 radical (unpaired) electrons. The minimum atomic E-state index is -0.708. The predicted octanol–water partition coefficient (Wildman–Crippen LogP) is 3.33. The Morgan fingerprint density at radius 1 is 1.17 bits per heavy atom. The number of aliphatic hydroxyl groups is 1. The zero-order valence-corrected chi connectivity index (χ0v) is 17.4. The standard InChI is InChI=1S/C23H31FN2O3/c1-4-26(15-23(28)25-13-18-9-11-19(24)12-10-18)14-20(27)16-29-22-8-6-5-7-21(22)17(2)3/h5-12,17,20,27H,4,13-16H2,1-3H3,(H,25,28)/t20-/m1/s1. The van der Waals surface area contributed by atoms with E-state index in [0.29, 0.717) is 25.6 Å². The number of ether oxygens (including phenoxy) is 1. The van der Waals surface area contributed by atoms with Crippen LogP contribution in [0.25, 0.3) is 0 Å². The third kappa shape index (κ3) is 7.83. The summed E-state index contributed by atoms with van der Waals surface area (Å²) in [5, 5.41) is 13.2. The largest absolute Gasteiger partial charge is 0.491 e. The number of carbonyl (C=O) groups is 1. The number of carbonyl (C=O) groups excluding carboxylic acids is 1. The Morgan fingerprint density at radius 2 is 1.86 bits per heavy atom. The van der Waals surface area contributed by atoms with Gasteiger partial charge in [0.25, 0.3) is 0 Å². The van der Waals surface area contributed by atoms with Gasteiger partial charge in [0.2, 0.25) is 5.91 Å². The molecule has 29 heavy (non-hydrogen) atoms. The number of benzene rings is 2. The fourth-order valence-electron chi connectivity index (χ4n) is 2.99. The van der Waals surface area contributed by atoms with Crippen LogP contribution >= 0.6 is 0 Å². The second-order valence-electron chi connectivity index (χ2n) is 7.39. The van der Waals surface area contributed by atoms with Crippen molar-refractivity contribution in [3.8, 4) is 5.75 Å². The molecule has 1 atom stereocenters. The predicted molar refractivity (Wildman–Crippen MR) is 112 cm³/mol. The van der Waals surface area contributed by atoms with Crippen molar-refractivity contribution >= 4 is 5.91 Å². The van der Waals surface area contributed by atoms with Gasteiger partial charge in [0.1, 0.15) is 24.3 Å². The topological polar surface area (TPSA) is 61.8 Å². The number of aliphatic hydroxyl groups excluding tert-OH is 1. The molecule has 2 aromatic carbocycles. The quantitative estimate of drug-likeness (QED) is 0.605. The van der Waals surface area contributed by atoms with E-state index in [2.05, 4.69) is 19.2 Å². The van der Waals surface area contributed by atoms with E-state index in [-0.39, 0.29) is 24.9 Å². The Bertz CT molecular complexity index is 765. The van der Waals surface area contributed by atoms with E-state index in [1.807, 2.05) is 36.1 Å². The van der Waals surface area contributed by atoms with Crippen molar-refractivity contribution in [2.24, 2.45) is 0 Å². The van der Waals surface area contributed by atoms with Crippen LogP contribution in [0.15, 0.2) is 48.5 Å². The van der Waals surface area contributed by atoms with Crippen molar-refractivity contribution in [1.82, 2.24) is 10.2 Å². The maximum absolute atomic E-state index is 12.9. The van der Waals surface area contributed by atoms with Crippen LogP contribution in [-0.4, -0.2) is 48.3 Å². The number of hydrogen-bond acceptors (Lipinski definition) is 4. The molecular formula is C23H31FN2O3. The number of amides is 1. The summed E-state index contributed by atoms with van der Waals surface area (Å²) in [5.74, 6) is 0.667. The van der Waals surface area contributed by atoms with Crippen LogP contribution in [0.1, 0.15) is 37.8 Å². The Morgan fingerprint density at radius 3 is 2.52 bits per heavy atom. The lowest BCUT2D eigenvalue weighted by molar-refractivity contribution is -0.122. The van der Waals surface area contributed by atoms with Crippen molar-refractivity contribution in [1.29, 1.82) is 0 Å². The molecule has 0 saturated carbocycles. The molecule has 2 rings (SSSR count). The zero-order chi connectivity index (χ0) is 21.2. The van der Waals surface area contributed by atoms with Gasteiger partial charge in [-0.15, -0.1) is 0 Å². The van der Waals surface area contributed by atoms with E-state index < -0.39 is 6.10 Å². The summed E-state index contributed by atoms with van der Waals surface area (Å²) >= 11 is 0. The van der Waals surface area contributed by atoms with Crippen LogP contribution in [0, 0.1) is 5.82 Å². The summed E-state index contributed by atoms with van der Waals surface area (Å²) in [7, 11) is 0. The number of nitrogens with zero attached hydrogens (tertiary/aromatic N) is 1. The van der Waals surface area contributed by atoms with Crippen molar-refractivity contribution in [3.63, 3.8) is 0 Å². The van der Waals surface area contributed by atoms with E-state index in [1.54, 1.807) is 12.1 Å². The number of rotatable bonds is 11. The average molecular weight is 403 g/mol. The molecule has 0 aliphatic carbocycles. The SMILES string of the molecule is CCN(CC(=O)NCc1ccc(F)cc1)C[C@@H](O)COc1ccccc1C(C)C. The van der Waals surface area contributed by atoms with Crippen LogP contribution in [0.3, 0.4) is 0 Å². The van der Waals surface area contributed by atoms with Gasteiger partial charge < -0.3 is 15.2 Å². The van der Waals surface area contributed by atoms with Crippen molar-refractivity contribution in [2.45, 2.75) is 39.3 Å². The molecule has 6 heteroatoms. The summed E-state index contributed by atoms with van der Waals surface area (Å²) in [6.07, 6.45) is -0.708. The molecule has 1 amide bonds. The van der Waals surface area contributed by atoms with Crippen molar-refractivity contribution in [2.75, 3.05) is 26.2 Å². The van der Waals surface area contributed by atoms with Gasteiger partial charge in [-0.3, -0.25) is 9.69 Å². The highest BCUT2D eigenvalue weighted by atomic mass is 19.1. The summed E-state index contributed by atoms with van der Waals surface area (Å²) in [6.45, 7) is 7.79. The van der Waals surface area contributed by atoms with Gasteiger partial charge in [0, 0.05) is 13.1 Å². The van der Waals surface area contributed by atoms with Crippen LogP contribution in [0.4, 0.5) is 4.39 Å². The molecular weight excluding hydrogens is 371 g/mol. The van der Waals surface area contributed by atoms with Crippen LogP contribution in [-0.2, 0) is 11.3 Å². The third-order valence-corrected chi connectivity index (χ3v) is 4.66. The Hall–Kier alpha value is -2.44. The molecule has 2 N–H and O–H groups in total. The molecule has 0 fully saturated rings. The molecule has 158 valence electrons. The fraction of sp³-hybridized carbons (Fsp3) is 0.435. The number of nitrogens with one attached hydrogen (secondary N) is 1. The average Bonchev–Trinajstić information content (AvgIpc) is 2.71. The lowest BCUT2D eigenvalue weighted by Gasteiger charge is -2.23. The Kier molecular flexibility index (Phi) is 9.09. The molecule has 5 nitrogen and oxygen atoms in total. The van der Waals surface area contributed by atoms with Crippen molar-refractivity contribution in [3.05, 3.63) is 65.5 Å². The van der Waals surface area contributed by atoms with Gasteiger partial charge in [-0.1, -0.05) is 51.1 Å². The number of hydrogen-bond donors (Lipinski definition) is 2. The molecule has 0 aliphatic heterocycles. The summed E-state index contributed by atoms with van der Waals surface area (Å²) < 4.78 is 18.7. The third-order valence-electron chi connectivity index (χ3n) is 4.66. The van der Waals surface area contributed by atoms with Gasteiger partial charge in [-0.2, -0.15) is 0 Å². The summed E-state index contributed by atoms with van der Waals surface area (Å²) in [6, 6.07) is 13.8. The van der Waals surface area contributed by atoms with Crippen molar-refractivity contribution < 1.29 is 19.0 Å². The first-order valence-electron chi connectivity index (χ1n) is 10.0. The molecule has 0 aromatic heterocycles. The molecule has 0 saturated heterocycles. The lowest BCUT2D eigenvalue weighted by atomic mass is 10.0. The van der Waals surface area contributed by atoms with Gasteiger partial charge in [0.15, 0.2) is 0 Å². The van der Waals surface area contributed by atoms with Gasteiger partial charge in [-0.25, -0.2) is 4.39 Å². The smallest absolute Gasteiger partial charge is 0.234 e. The van der Waals surface area contributed by atoms with Gasteiger partial charge in [0.05, 0.1) is 6.54 Å². The molecule has 0 bridgehead atoms. The fourth-order valence-corrected chi connectivity index (χ4v) is 2.99. The lowest BCUT2D eigenvalue weighted by Crippen LogP contribution is -2.42. The van der Waals surface area contributed by atoms with Gasteiger partial charge >= 0.3 is 0 Å². The van der Waals surface area contributed by atoms with E-state index in [1.165, 1.54) is 12.1 Å². The second-order valence-corrected chi connectivity index (χ2v) is 7.39. The molecule has 0 spiro atoms. The minimum absolute atomic E-state index is 0.144. The highest BCUT2D eigenvalue weighted by molar-refractivity contribution is 5.78. The number of para-hydroxylation sites is 1. The van der Waals surface area contributed by atoms with Crippen LogP contribution in [0.2, 0.25) is 0 Å². The highest BCUT2D eigenvalue weighted by Crippen LogP contribution is 2.25. The van der Waals surface area contributed by atoms with Crippen LogP contribution < -0.4 is 10.1 Å². The number of likely N-dealkylation sites (N-methyl/N-ethyl adjacent to an activating group) is 1.